The second-order valence-corrected chi connectivity index (χ2v) is 5.37. The highest BCUT2D eigenvalue weighted by Gasteiger charge is 2.17. The monoisotopic (exact) mass is 356 g/mol. The molecule has 0 aliphatic heterocycles. The van der Waals surface area contributed by atoms with Crippen molar-refractivity contribution in [3.05, 3.63) is 64.1 Å². The Kier molecular flexibility index (Phi) is 5.67. The third-order valence-electron chi connectivity index (χ3n) is 3.02. The first-order valence-corrected chi connectivity index (χ1v) is 7.17. The zero-order valence-electron chi connectivity index (χ0n) is 11.2. The molecule has 3 N–H and O–H groups in total. The van der Waals surface area contributed by atoms with E-state index in [0.717, 1.165) is 0 Å². The van der Waals surface area contributed by atoms with Crippen LogP contribution in [0.15, 0.2) is 46.9 Å². The minimum atomic E-state index is -0.616. The van der Waals surface area contributed by atoms with E-state index in [1.807, 2.05) is 18.2 Å². The summed E-state index contributed by atoms with van der Waals surface area (Å²) in [4.78, 5) is 0. The van der Waals surface area contributed by atoms with E-state index in [1.54, 1.807) is 12.1 Å². The van der Waals surface area contributed by atoms with E-state index in [9.17, 15) is 8.78 Å². The van der Waals surface area contributed by atoms with Crippen molar-refractivity contribution in [3.8, 4) is 5.75 Å². The van der Waals surface area contributed by atoms with Crippen molar-refractivity contribution in [2.75, 3.05) is 6.61 Å². The number of nitrogens with two attached hydrogens (primary N) is 1. The Hall–Kier alpha value is -1.50. The van der Waals surface area contributed by atoms with Crippen LogP contribution >= 0.6 is 15.9 Å². The van der Waals surface area contributed by atoms with Crippen LogP contribution in [-0.2, 0) is 6.42 Å². The van der Waals surface area contributed by atoms with E-state index in [-0.39, 0.29) is 23.1 Å². The number of rotatable bonds is 6. The van der Waals surface area contributed by atoms with Crippen LogP contribution in [0.1, 0.15) is 5.56 Å². The number of benzene rings is 2. The van der Waals surface area contributed by atoms with Crippen LogP contribution in [0.4, 0.5) is 8.78 Å². The van der Waals surface area contributed by atoms with Gasteiger partial charge in [0.2, 0.25) is 0 Å². The van der Waals surface area contributed by atoms with Gasteiger partial charge in [-0.15, -0.1) is 0 Å². The molecule has 0 spiro atoms. The van der Waals surface area contributed by atoms with E-state index < -0.39 is 17.7 Å². The van der Waals surface area contributed by atoms with Crippen molar-refractivity contribution in [1.29, 1.82) is 0 Å². The van der Waals surface area contributed by atoms with Gasteiger partial charge in [-0.1, -0.05) is 18.2 Å². The molecule has 6 heteroatoms. The first-order valence-electron chi connectivity index (χ1n) is 6.38. The molecule has 1 atom stereocenters. The molecule has 0 bridgehead atoms. The molecule has 112 valence electrons. The fourth-order valence-electron chi connectivity index (χ4n) is 1.88. The summed E-state index contributed by atoms with van der Waals surface area (Å²) in [6.07, 6.45) is 0.0838. The molecule has 0 radical (unpaired) electrons. The lowest BCUT2D eigenvalue weighted by molar-refractivity contribution is 0.262. The number of hydrazine groups is 1. The normalized spacial score (nSPS) is 12.2. The zero-order chi connectivity index (χ0) is 15.2. The van der Waals surface area contributed by atoms with E-state index in [4.69, 9.17) is 10.6 Å². The molecule has 0 aromatic heterocycles. The molecule has 0 fully saturated rings. The van der Waals surface area contributed by atoms with Crippen molar-refractivity contribution in [2.45, 2.75) is 12.5 Å². The first-order chi connectivity index (χ1) is 10.1. The van der Waals surface area contributed by atoms with Gasteiger partial charge in [0, 0.05) is 5.56 Å². The molecule has 3 nitrogen and oxygen atoms in total. The van der Waals surface area contributed by atoms with Gasteiger partial charge < -0.3 is 4.74 Å². The molecule has 2 aromatic rings. The molecule has 0 aliphatic carbocycles. The summed E-state index contributed by atoms with van der Waals surface area (Å²) in [6.45, 7) is 0.200. The second kappa shape index (κ2) is 7.49. The van der Waals surface area contributed by atoms with Crippen LogP contribution in [0.5, 0.6) is 5.75 Å². The molecule has 0 saturated carbocycles. The molecule has 0 heterocycles. The lowest BCUT2D eigenvalue weighted by Gasteiger charge is -2.18. The van der Waals surface area contributed by atoms with Crippen LogP contribution in [0.3, 0.4) is 0 Å². The van der Waals surface area contributed by atoms with Gasteiger partial charge in [0.15, 0.2) is 0 Å². The van der Waals surface area contributed by atoms with Crippen LogP contribution < -0.4 is 16.0 Å². The fraction of sp³-hybridized carbons (Fsp3) is 0.200. The third-order valence-corrected chi connectivity index (χ3v) is 3.63. The first kappa shape index (κ1) is 15.9. The van der Waals surface area contributed by atoms with Crippen LogP contribution in [0, 0.1) is 11.6 Å². The van der Waals surface area contributed by atoms with E-state index in [1.165, 1.54) is 12.1 Å². The van der Waals surface area contributed by atoms with Gasteiger partial charge >= 0.3 is 0 Å². The summed E-state index contributed by atoms with van der Waals surface area (Å²) in [5.74, 6) is 4.89. The van der Waals surface area contributed by atoms with Crippen LogP contribution in [-0.4, -0.2) is 12.6 Å². The molecule has 21 heavy (non-hydrogen) atoms. The molecule has 0 saturated heterocycles. The lowest BCUT2D eigenvalue weighted by Crippen LogP contribution is -2.41. The Morgan fingerprint density at radius 3 is 2.52 bits per heavy atom. The maximum absolute atomic E-state index is 13.9. The van der Waals surface area contributed by atoms with Gasteiger partial charge in [-0.25, -0.2) is 8.78 Å². The van der Waals surface area contributed by atoms with Gasteiger partial charge in [-0.2, -0.15) is 0 Å². The SMILES string of the molecule is NNC(COc1ccccc1)Cc1c(F)ccc(Br)c1F. The number of ether oxygens (including phenoxy) is 1. The van der Waals surface area contributed by atoms with Gasteiger partial charge in [-0.3, -0.25) is 11.3 Å². The van der Waals surface area contributed by atoms with Crippen molar-refractivity contribution in [2.24, 2.45) is 5.84 Å². The molecular weight excluding hydrogens is 342 g/mol. The van der Waals surface area contributed by atoms with Crippen molar-refractivity contribution < 1.29 is 13.5 Å². The van der Waals surface area contributed by atoms with Crippen molar-refractivity contribution in [3.63, 3.8) is 0 Å². The third kappa shape index (κ3) is 4.23. The average Bonchev–Trinajstić information content (AvgIpc) is 2.51. The highest BCUT2D eigenvalue weighted by Crippen LogP contribution is 2.23. The van der Waals surface area contributed by atoms with Crippen LogP contribution in [0.2, 0.25) is 0 Å². The smallest absolute Gasteiger partial charge is 0.143 e. The maximum atomic E-state index is 13.9. The van der Waals surface area contributed by atoms with Crippen LogP contribution in [0.25, 0.3) is 0 Å². The van der Waals surface area contributed by atoms with E-state index >= 15 is 0 Å². The Balaban J connectivity index is 2.04. The Bertz CT molecular complexity index is 596. The standard InChI is InChI=1S/C15H15BrF2N2O/c16-13-6-7-14(17)12(15(13)18)8-10(20-19)9-21-11-4-2-1-3-5-11/h1-7,10,20H,8-9,19H2. The highest BCUT2D eigenvalue weighted by atomic mass is 79.9. The minimum Gasteiger partial charge on any atom is -0.492 e. The Morgan fingerprint density at radius 2 is 1.86 bits per heavy atom. The topological polar surface area (TPSA) is 47.3 Å². The van der Waals surface area contributed by atoms with Gasteiger partial charge in [0.05, 0.1) is 10.5 Å². The van der Waals surface area contributed by atoms with Gasteiger partial charge in [0.25, 0.3) is 0 Å². The molecule has 2 aromatic carbocycles. The lowest BCUT2D eigenvalue weighted by atomic mass is 10.1. The quantitative estimate of drug-likeness (QED) is 0.474. The zero-order valence-corrected chi connectivity index (χ0v) is 12.7. The molecule has 2 rings (SSSR count). The number of hydrogen-bond acceptors (Lipinski definition) is 3. The summed E-state index contributed by atoms with van der Waals surface area (Å²) < 4.78 is 33.4. The number of hydrogen-bond donors (Lipinski definition) is 2. The molecule has 1 unspecified atom stereocenters. The maximum Gasteiger partial charge on any atom is 0.143 e. The van der Waals surface area contributed by atoms with Crippen molar-refractivity contribution >= 4 is 15.9 Å². The number of halogens is 3. The number of nitrogens with one attached hydrogen (secondary N) is 1. The highest BCUT2D eigenvalue weighted by molar-refractivity contribution is 9.10. The predicted octanol–water partition coefficient (Wildman–Crippen LogP) is 3.18. The average molecular weight is 357 g/mol. The summed E-state index contributed by atoms with van der Waals surface area (Å²) in [7, 11) is 0. The number of para-hydroxylation sites is 1. The molecular formula is C15H15BrF2N2O. The second-order valence-electron chi connectivity index (χ2n) is 4.51. The van der Waals surface area contributed by atoms with Gasteiger partial charge in [0.1, 0.15) is 24.0 Å². The minimum absolute atomic E-state index is 0.0241. The molecule has 0 aliphatic rings. The summed E-state index contributed by atoms with van der Waals surface area (Å²) in [5, 5.41) is 0. The van der Waals surface area contributed by atoms with E-state index in [0.29, 0.717) is 5.75 Å². The Morgan fingerprint density at radius 1 is 1.14 bits per heavy atom. The van der Waals surface area contributed by atoms with E-state index in [2.05, 4.69) is 21.4 Å². The summed E-state index contributed by atoms with van der Waals surface area (Å²) in [6, 6.07) is 11.3. The predicted molar refractivity (Wildman–Crippen MR) is 80.8 cm³/mol. The summed E-state index contributed by atoms with van der Waals surface area (Å²) >= 11 is 3.04. The largest absolute Gasteiger partial charge is 0.492 e. The summed E-state index contributed by atoms with van der Waals surface area (Å²) in [5.41, 5.74) is 2.50. The van der Waals surface area contributed by atoms with Crippen molar-refractivity contribution in [1.82, 2.24) is 5.43 Å². The fourth-order valence-corrected chi connectivity index (χ4v) is 2.25. The Labute approximate surface area is 130 Å². The van der Waals surface area contributed by atoms with Gasteiger partial charge in [-0.05, 0) is 46.6 Å². The molecule has 0 amide bonds.